The van der Waals surface area contributed by atoms with Crippen LogP contribution >= 0.6 is 11.6 Å². The molecule has 1 aliphatic rings. The summed E-state index contributed by atoms with van der Waals surface area (Å²) in [5.41, 5.74) is 2.61. The average molecular weight is 259 g/mol. The number of carbonyl (C=O) groups is 1. The van der Waals surface area contributed by atoms with Crippen molar-refractivity contribution in [1.82, 2.24) is 0 Å². The Labute approximate surface area is 110 Å². The maximum absolute atomic E-state index is 11.9. The number of fused-ring (bicyclic) bond motifs is 1. The number of rotatable bonds is 2. The lowest BCUT2D eigenvalue weighted by atomic mass is 10.1. The second kappa shape index (κ2) is 4.35. The zero-order chi connectivity index (χ0) is 12.5. The minimum absolute atomic E-state index is 0.0591. The lowest BCUT2D eigenvalue weighted by Crippen LogP contribution is -2.19. The zero-order valence-corrected chi connectivity index (χ0v) is 10.2. The number of benzene rings is 2. The van der Waals surface area contributed by atoms with E-state index in [1.807, 2.05) is 42.5 Å². The van der Waals surface area contributed by atoms with Crippen LogP contribution in [0.5, 0.6) is 0 Å². The first kappa shape index (κ1) is 11.1. The van der Waals surface area contributed by atoms with Gasteiger partial charge in [-0.25, -0.2) is 0 Å². The lowest BCUT2D eigenvalue weighted by Gasteiger charge is -2.12. The number of hydrogen-bond acceptors (Lipinski definition) is 2. The first-order valence-electron chi connectivity index (χ1n) is 5.66. The van der Waals surface area contributed by atoms with Gasteiger partial charge in [0.1, 0.15) is 6.04 Å². The maximum Gasteiger partial charge on any atom is 0.251 e. The third-order valence-electron chi connectivity index (χ3n) is 2.93. The van der Waals surface area contributed by atoms with Crippen LogP contribution in [0.15, 0.2) is 48.5 Å². The average Bonchev–Trinajstić information content (AvgIpc) is 2.67. The maximum atomic E-state index is 11.9. The highest BCUT2D eigenvalue weighted by Gasteiger charge is 2.30. The van der Waals surface area contributed by atoms with Crippen molar-refractivity contribution in [3.05, 3.63) is 59.1 Å². The van der Waals surface area contributed by atoms with Crippen molar-refractivity contribution in [2.45, 2.75) is 6.04 Å². The van der Waals surface area contributed by atoms with E-state index in [1.54, 1.807) is 6.07 Å². The second-order valence-electron chi connectivity index (χ2n) is 4.16. The molecule has 2 aromatic rings. The summed E-state index contributed by atoms with van der Waals surface area (Å²) >= 11 is 5.97. The summed E-state index contributed by atoms with van der Waals surface area (Å²) < 4.78 is 0. The van der Waals surface area contributed by atoms with Gasteiger partial charge in [0.05, 0.1) is 0 Å². The molecule has 0 bridgehead atoms. The smallest absolute Gasteiger partial charge is 0.251 e. The number of carbonyl (C=O) groups excluding carboxylic acids is 1. The first-order chi connectivity index (χ1) is 8.74. The molecule has 3 rings (SSSR count). The molecule has 3 nitrogen and oxygen atoms in total. The molecular formula is C14H11ClN2O. The van der Waals surface area contributed by atoms with E-state index < -0.39 is 0 Å². The van der Waals surface area contributed by atoms with E-state index in [2.05, 4.69) is 10.6 Å². The molecule has 0 aliphatic carbocycles. The third kappa shape index (κ3) is 1.93. The van der Waals surface area contributed by atoms with Crippen LogP contribution in [-0.2, 0) is 4.79 Å². The highest BCUT2D eigenvalue weighted by molar-refractivity contribution is 6.31. The van der Waals surface area contributed by atoms with Gasteiger partial charge in [-0.15, -0.1) is 0 Å². The summed E-state index contributed by atoms with van der Waals surface area (Å²) in [6.07, 6.45) is 0. The summed E-state index contributed by atoms with van der Waals surface area (Å²) in [5, 5.41) is 6.67. The molecule has 1 unspecified atom stereocenters. The fourth-order valence-corrected chi connectivity index (χ4v) is 2.26. The van der Waals surface area contributed by atoms with Gasteiger partial charge in [0, 0.05) is 22.0 Å². The minimum atomic E-state index is -0.388. The SMILES string of the molecule is O=C1Nc2ccc(Cl)cc2C1Nc1ccccc1. The molecule has 0 saturated heterocycles. The lowest BCUT2D eigenvalue weighted by molar-refractivity contribution is -0.116. The van der Waals surface area contributed by atoms with Gasteiger partial charge < -0.3 is 10.6 Å². The van der Waals surface area contributed by atoms with Crippen LogP contribution < -0.4 is 10.6 Å². The predicted molar refractivity (Wildman–Crippen MR) is 72.9 cm³/mol. The molecule has 1 amide bonds. The first-order valence-corrected chi connectivity index (χ1v) is 6.04. The number of anilines is 2. The molecule has 4 heteroatoms. The van der Waals surface area contributed by atoms with Crippen LogP contribution in [-0.4, -0.2) is 5.91 Å². The Morgan fingerprint density at radius 1 is 1.11 bits per heavy atom. The largest absolute Gasteiger partial charge is 0.370 e. The molecule has 2 N–H and O–H groups in total. The van der Waals surface area contributed by atoms with E-state index >= 15 is 0 Å². The highest BCUT2D eigenvalue weighted by atomic mass is 35.5. The van der Waals surface area contributed by atoms with Crippen LogP contribution in [0.1, 0.15) is 11.6 Å². The number of halogens is 1. The van der Waals surface area contributed by atoms with Gasteiger partial charge in [0.25, 0.3) is 5.91 Å². The summed E-state index contributed by atoms with van der Waals surface area (Å²) in [5.74, 6) is -0.0591. The van der Waals surface area contributed by atoms with Crippen LogP contribution in [0.4, 0.5) is 11.4 Å². The predicted octanol–water partition coefficient (Wildman–Crippen LogP) is 3.45. The molecule has 1 atom stereocenters. The van der Waals surface area contributed by atoms with Crippen molar-refractivity contribution in [3.8, 4) is 0 Å². The van der Waals surface area contributed by atoms with Crippen LogP contribution in [0.25, 0.3) is 0 Å². The van der Waals surface area contributed by atoms with Crippen molar-refractivity contribution < 1.29 is 4.79 Å². The van der Waals surface area contributed by atoms with Crippen molar-refractivity contribution >= 4 is 28.9 Å². The summed E-state index contributed by atoms with van der Waals surface area (Å²) in [6, 6.07) is 14.7. The van der Waals surface area contributed by atoms with Crippen molar-refractivity contribution in [1.29, 1.82) is 0 Å². The van der Waals surface area contributed by atoms with Gasteiger partial charge in [-0.3, -0.25) is 4.79 Å². The molecule has 1 heterocycles. The monoisotopic (exact) mass is 258 g/mol. The topological polar surface area (TPSA) is 41.1 Å². The molecule has 1 aliphatic heterocycles. The zero-order valence-electron chi connectivity index (χ0n) is 9.48. The summed E-state index contributed by atoms with van der Waals surface area (Å²) in [4.78, 5) is 11.9. The molecular weight excluding hydrogens is 248 g/mol. The fraction of sp³-hybridized carbons (Fsp3) is 0.0714. The Hall–Kier alpha value is -2.00. The van der Waals surface area contributed by atoms with Gasteiger partial charge >= 0.3 is 0 Å². The normalized spacial score (nSPS) is 17.2. The summed E-state index contributed by atoms with van der Waals surface area (Å²) in [7, 11) is 0. The van der Waals surface area contributed by atoms with E-state index in [1.165, 1.54) is 0 Å². The van der Waals surface area contributed by atoms with Crippen LogP contribution in [0.2, 0.25) is 5.02 Å². The number of hydrogen-bond donors (Lipinski definition) is 2. The van der Waals surface area contributed by atoms with Gasteiger partial charge in [0.15, 0.2) is 0 Å². The Balaban J connectivity index is 1.94. The van der Waals surface area contributed by atoms with E-state index in [0.717, 1.165) is 16.9 Å². The van der Waals surface area contributed by atoms with E-state index in [9.17, 15) is 4.79 Å². The van der Waals surface area contributed by atoms with E-state index in [-0.39, 0.29) is 11.9 Å². The molecule has 0 aromatic heterocycles. The van der Waals surface area contributed by atoms with Crippen molar-refractivity contribution in [3.63, 3.8) is 0 Å². The Bertz CT molecular complexity index is 598. The highest BCUT2D eigenvalue weighted by Crippen LogP contribution is 2.34. The fourth-order valence-electron chi connectivity index (χ4n) is 2.08. The Morgan fingerprint density at radius 3 is 2.67 bits per heavy atom. The number of para-hydroxylation sites is 1. The molecule has 90 valence electrons. The Kier molecular flexibility index (Phi) is 2.68. The molecule has 0 saturated carbocycles. The number of nitrogens with one attached hydrogen (secondary N) is 2. The number of amides is 1. The molecule has 0 radical (unpaired) electrons. The molecule has 2 aromatic carbocycles. The van der Waals surface area contributed by atoms with Gasteiger partial charge in [-0.05, 0) is 30.3 Å². The van der Waals surface area contributed by atoms with Crippen LogP contribution in [0.3, 0.4) is 0 Å². The summed E-state index contributed by atoms with van der Waals surface area (Å²) in [6.45, 7) is 0. The van der Waals surface area contributed by atoms with E-state index in [4.69, 9.17) is 11.6 Å². The minimum Gasteiger partial charge on any atom is -0.370 e. The third-order valence-corrected chi connectivity index (χ3v) is 3.16. The van der Waals surface area contributed by atoms with E-state index in [0.29, 0.717) is 5.02 Å². The second-order valence-corrected chi connectivity index (χ2v) is 4.60. The van der Waals surface area contributed by atoms with Gasteiger partial charge in [-0.2, -0.15) is 0 Å². The van der Waals surface area contributed by atoms with Crippen molar-refractivity contribution in [2.75, 3.05) is 10.6 Å². The van der Waals surface area contributed by atoms with Gasteiger partial charge in [-0.1, -0.05) is 29.8 Å². The molecule has 18 heavy (non-hydrogen) atoms. The van der Waals surface area contributed by atoms with Gasteiger partial charge in [0.2, 0.25) is 0 Å². The molecule has 0 spiro atoms. The standard InChI is InChI=1S/C14H11ClN2O/c15-9-6-7-12-11(8-9)13(14(18)17-12)16-10-4-2-1-3-5-10/h1-8,13,16H,(H,17,18). The van der Waals surface area contributed by atoms with Crippen molar-refractivity contribution in [2.24, 2.45) is 0 Å². The molecule has 0 fully saturated rings. The Morgan fingerprint density at radius 2 is 1.89 bits per heavy atom. The van der Waals surface area contributed by atoms with Crippen LogP contribution in [0, 0.1) is 0 Å². The quantitative estimate of drug-likeness (QED) is 0.866.